The van der Waals surface area contributed by atoms with E-state index in [1.165, 1.54) is 5.56 Å². The van der Waals surface area contributed by atoms with Gasteiger partial charge in [-0.1, -0.05) is 12.1 Å². The Labute approximate surface area is 178 Å². The Morgan fingerprint density at radius 2 is 2.03 bits per heavy atom. The van der Waals surface area contributed by atoms with Gasteiger partial charge in [0.25, 0.3) is 5.91 Å². The number of aromatic nitrogens is 2. The number of amides is 1. The van der Waals surface area contributed by atoms with E-state index in [1.807, 2.05) is 36.2 Å². The molecule has 1 fully saturated rings. The standard InChI is InChI=1S/C23H31N5O2/c1-24-22-19-14-27(2)12-10-20(19)25-21(26-22)18-5-4-11-28(13-18)23(29)17-8-6-16(7-9-17)15-30-3/h6-9,18H,4-5,10-15H2,1-3H3,(H,24,25,26)/t18-/m1/s1. The van der Waals surface area contributed by atoms with Gasteiger partial charge in [0.05, 0.1) is 12.3 Å². The molecule has 0 bridgehead atoms. The fourth-order valence-corrected chi connectivity index (χ4v) is 4.42. The van der Waals surface area contributed by atoms with Gasteiger partial charge in [0, 0.05) is 63.8 Å². The Morgan fingerprint density at radius 3 is 2.77 bits per heavy atom. The molecule has 0 aliphatic carbocycles. The van der Waals surface area contributed by atoms with Gasteiger partial charge in [-0.25, -0.2) is 9.97 Å². The predicted octanol–water partition coefficient (Wildman–Crippen LogP) is 2.67. The molecule has 1 saturated heterocycles. The number of methoxy groups -OCH3 is 1. The van der Waals surface area contributed by atoms with E-state index in [9.17, 15) is 4.79 Å². The number of nitrogens with zero attached hydrogens (tertiary/aromatic N) is 4. The van der Waals surface area contributed by atoms with E-state index in [2.05, 4.69) is 17.3 Å². The lowest BCUT2D eigenvalue weighted by atomic mass is 9.95. The number of likely N-dealkylation sites (tertiary alicyclic amines) is 1. The van der Waals surface area contributed by atoms with Crippen LogP contribution in [0.2, 0.25) is 0 Å². The lowest BCUT2D eigenvalue weighted by molar-refractivity contribution is 0.0704. The zero-order valence-electron chi connectivity index (χ0n) is 18.1. The highest BCUT2D eigenvalue weighted by Gasteiger charge is 2.29. The summed E-state index contributed by atoms with van der Waals surface area (Å²) in [5, 5.41) is 3.26. The Bertz CT molecular complexity index is 882. The Balaban J connectivity index is 1.52. The fourth-order valence-electron chi connectivity index (χ4n) is 4.42. The average molecular weight is 410 g/mol. The van der Waals surface area contributed by atoms with Gasteiger partial charge < -0.3 is 19.9 Å². The number of piperidine rings is 1. The summed E-state index contributed by atoms with van der Waals surface area (Å²) in [5.74, 6) is 2.05. The summed E-state index contributed by atoms with van der Waals surface area (Å²) in [7, 11) is 5.72. The average Bonchev–Trinajstić information content (AvgIpc) is 2.78. The molecule has 160 valence electrons. The lowest BCUT2D eigenvalue weighted by Crippen LogP contribution is -2.40. The van der Waals surface area contributed by atoms with Crippen molar-refractivity contribution in [2.24, 2.45) is 0 Å². The first-order valence-corrected chi connectivity index (χ1v) is 10.7. The maximum Gasteiger partial charge on any atom is 0.253 e. The summed E-state index contributed by atoms with van der Waals surface area (Å²) in [5.41, 5.74) is 4.15. The van der Waals surface area contributed by atoms with Crippen molar-refractivity contribution < 1.29 is 9.53 Å². The molecular weight excluding hydrogens is 378 g/mol. The first-order valence-electron chi connectivity index (χ1n) is 10.7. The molecule has 1 aromatic carbocycles. The third-order valence-electron chi connectivity index (χ3n) is 6.09. The molecule has 7 heteroatoms. The molecule has 30 heavy (non-hydrogen) atoms. The van der Waals surface area contributed by atoms with Gasteiger partial charge in [-0.15, -0.1) is 0 Å². The zero-order valence-corrected chi connectivity index (χ0v) is 18.1. The van der Waals surface area contributed by atoms with Gasteiger partial charge in [0.15, 0.2) is 0 Å². The summed E-state index contributed by atoms with van der Waals surface area (Å²) in [6, 6.07) is 7.71. The van der Waals surface area contributed by atoms with Gasteiger partial charge in [-0.05, 0) is 37.6 Å². The highest BCUT2D eigenvalue weighted by Crippen LogP contribution is 2.30. The number of benzene rings is 1. The summed E-state index contributed by atoms with van der Waals surface area (Å²) in [6.07, 6.45) is 2.92. The minimum Gasteiger partial charge on any atom is -0.380 e. The van der Waals surface area contributed by atoms with Gasteiger partial charge >= 0.3 is 0 Å². The van der Waals surface area contributed by atoms with Gasteiger partial charge in [0.1, 0.15) is 11.6 Å². The number of anilines is 1. The SMILES string of the molecule is CNc1nc([C@@H]2CCCN(C(=O)c3ccc(COC)cc3)C2)nc2c1CN(C)CC2. The molecule has 2 aliphatic heterocycles. The van der Waals surface area contributed by atoms with Crippen molar-refractivity contribution in [3.8, 4) is 0 Å². The Hall–Kier alpha value is -2.51. The summed E-state index contributed by atoms with van der Waals surface area (Å²) in [4.78, 5) is 27.1. The van der Waals surface area contributed by atoms with Crippen LogP contribution in [0.5, 0.6) is 0 Å². The number of ether oxygens (including phenoxy) is 1. The minimum absolute atomic E-state index is 0.0806. The summed E-state index contributed by atoms with van der Waals surface area (Å²) in [6.45, 7) is 3.89. The van der Waals surface area contributed by atoms with Crippen LogP contribution in [-0.4, -0.2) is 66.5 Å². The highest BCUT2D eigenvalue weighted by atomic mass is 16.5. The van der Waals surface area contributed by atoms with E-state index in [0.717, 1.165) is 67.4 Å². The number of likely N-dealkylation sites (N-methyl/N-ethyl adjacent to an activating group) is 1. The van der Waals surface area contributed by atoms with E-state index in [1.54, 1.807) is 7.11 Å². The third-order valence-corrected chi connectivity index (χ3v) is 6.09. The molecule has 4 rings (SSSR count). The second-order valence-corrected chi connectivity index (χ2v) is 8.31. The number of carbonyl (C=O) groups excluding carboxylic acids is 1. The quantitative estimate of drug-likeness (QED) is 0.819. The Kier molecular flexibility index (Phi) is 6.29. The summed E-state index contributed by atoms with van der Waals surface area (Å²) >= 11 is 0. The second-order valence-electron chi connectivity index (χ2n) is 8.31. The van der Waals surface area contributed by atoms with E-state index >= 15 is 0 Å². The van der Waals surface area contributed by atoms with Gasteiger partial charge in [-0.2, -0.15) is 0 Å². The molecule has 0 unspecified atom stereocenters. The van der Waals surface area contributed by atoms with Crippen molar-refractivity contribution >= 4 is 11.7 Å². The van der Waals surface area contributed by atoms with Gasteiger partial charge in [0.2, 0.25) is 0 Å². The van der Waals surface area contributed by atoms with Crippen molar-refractivity contribution in [1.82, 2.24) is 19.8 Å². The molecule has 0 saturated carbocycles. The van der Waals surface area contributed by atoms with Gasteiger partial charge in [-0.3, -0.25) is 4.79 Å². The monoisotopic (exact) mass is 409 g/mol. The topological polar surface area (TPSA) is 70.6 Å². The molecule has 0 spiro atoms. The fraction of sp³-hybridized carbons (Fsp3) is 0.522. The first-order chi connectivity index (χ1) is 14.6. The molecule has 1 aromatic heterocycles. The number of fused-ring (bicyclic) bond motifs is 1. The van der Waals surface area contributed by atoms with Crippen LogP contribution in [0, 0.1) is 0 Å². The molecule has 3 heterocycles. The number of nitrogens with one attached hydrogen (secondary N) is 1. The first kappa shape index (κ1) is 20.8. The maximum atomic E-state index is 13.1. The number of carbonyl (C=O) groups is 1. The zero-order chi connectivity index (χ0) is 21.1. The number of hydrogen-bond donors (Lipinski definition) is 1. The van der Waals surface area contributed by atoms with Crippen LogP contribution in [0.15, 0.2) is 24.3 Å². The van der Waals surface area contributed by atoms with Crippen LogP contribution in [-0.2, 0) is 24.3 Å². The van der Waals surface area contributed by atoms with Crippen molar-refractivity contribution in [2.45, 2.75) is 38.3 Å². The van der Waals surface area contributed by atoms with E-state index in [0.29, 0.717) is 13.2 Å². The molecule has 2 aliphatic rings. The van der Waals surface area contributed by atoms with Crippen LogP contribution in [0.3, 0.4) is 0 Å². The van der Waals surface area contributed by atoms with Crippen molar-refractivity contribution in [1.29, 1.82) is 0 Å². The number of hydrogen-bond acceptors (Lipinski definition) is 6. The normalized spacial score (nSPS) is 19.4. The third kappa shape index (κ3) is 4.32. The van der Waals surface area contributed by atoms with Crippen molar-refractivity contribution in [3.05, 3.63) is 52.5 Å². The van der Waals surface area contributed by atoms with E-state index in [-0.39, 0.29) is 11.8 Å². The molecular formula is C23H31N5O2. The number of rotatable bonds is 5. The van der Waals surface area contributed by atoms with Crippen LogP contribution < -0.4 is 5.32 Å². The van der Waals surface area contributed by atoms with Crippen LogP contribution in [0.1, 0.15) is 51.8 Å². The van der Waals surface area contributed by atoms with Crippen molar-refractivity contribution in [3.63, 3.8) is 0 Å². The molecule has 0 radical (unpaired) electrons. The smallest absolute Gasteiger partial charge is 0.253 e. The van der Waals surface area contributed by atoms with Crippen molar-refractivity contribution in [2.75, 3.05) is 46.2 Å². The van der Waals surface area contributed by atoms with Crippen LogP contribution in [0.4, 0.5) is 5.82 Å². The maximum absolute atomic E-state index is 13.1. The molecule has 1 N–H and O–H groups in total. The largest absolute Gasteiger partial charge is 0.380 e. The Morgan fingerprint density at radius 1 is 1.23 bits per heavy atom. The minimum atomic E-state index is 0.0806. The molecule has 2 aromatic rings. The van der Waals surface area contributed by atoms with Crippen LogP contribution >= 0.6 is 0 Å². The van der Waals surface area contributed by atoms with Crippen LogP contribution in [0.25, 0.3) is 0 Å². The molecule has 1 amide bonds. The second kappa shape index (κ2) is 9.10. The summed E-state index contributed by atoms with van der Waals surface area (Å²) < 4.78 is 5.15. The van der Waals surface area contributed by atoms with E-state index < -0.39 is 0 Å². The highest BCUT2D eigenvalue weighted by molar-refractivity contribution is 5.94. The lowest BCUT2D eigenvalue weighted by Gasteiger charge is -2.33. The predicted molar refractivity (Wildman–Crippen MR) is 117 cm³/mol. The van der Waals surface area contributed by atoms with E-state index in [4.69, 9.17) is 14.7 Å². The molecule has 7 nitrogen and oxygen atoms in total. The molecule has 1 atom stereocenters.